The first-order valence-electron chi connectivity index (χ1n) is 9.42. The molecule has 1 aromatic carbocycles. The van der Waals surface area contributed by atoms with Crippen LogP contribution in [0.2, 0.25) is 0 Å². The molecule has 0 fully saturated rings. The van der Waals surface area contributed by atoms with Gasteiger partial charge in [-0.3, -0.25) is 9.78 Å². The van der Waals surface area contributed by atoms with Crippen molar-refractivity contribution in [3.8, 4) is 17.0 Å². The van der Waals surface area contributed by atoms with Crippen molar-refractivity contribution < 1.29 is 9.53 Å². The topological polar surface area (TPSA) is 55.3 Å². The number of carbonyl (C=O) groups is 1. The molecule has 2 heterocycles. The lowest BCUT2D eigenvalue weighted by Crippen LogP contribution is -2.37. The van der Waals surface area contributed by atoms with E-state index in [1.807, 2.05) is 59.6 Å². The molecule has 0 spiro atoms. The SMILES string of the molecule is CC[C@H](C)N(Cc1cccnc1)C(=O)c1ccc(-c2ccc(OC)nc2)cc1. The fourth-order valence-corrected chi connectivity index (χ4v) is 2.98. The van der Waals surface area contributed by atoms with Crippen molar-refractivity contribution in [3.05, 3.63) is 78.2 Å². The van der Waals surface area contributed by atoms with Gasteiger partial charge in [0.25, 0.3) is 5.91 Å². The van der Waals surface area contributed by atoms with E-state index in [-0.39, 0.29) is 11.9 Å². The predicted molar refractivity (Wildman–Crippen MR) is 110 cm³/mol. The van der Waals surface area contributed by atoms with Crippen LogP contribution in [0.1, 0.15) is 36.2 Å². The van der Waals surface area contributed by atoms with Gasteiger partial charge in [-0.25, -0.2) is 4.98 Å². The van der Waals surface area contributed by atoms with E-state index in [4.69, 9.17) is 4.74 Å². The number of carbonyl (C=O) groups excluding carboxylic acids is 1. The Kier molecular flexibility index (Phi) is 6.37. The number of rotatable bonds is 7. The molecule has 0 saturated carbocycles. The van der Waals surface area contributed by atoms with E-state index in [0.29, 0.717) is 18.0 Å². The van der Waals surface area contributed by atoms with Gasteiger partial charge in [0.05, 0.1) is 7.11 Å². The maximum atomic E-state index is 13.2. The predicted octanol–water partition coefficient (Wildman–Crippen LogP) is 4.59. The number of ether oxygens (including phenoxy) is 1. The van der Waals surface area contributed by atoms with Gasteiger partial charge >= 0.3 is 0 Å². The van der Waals surface area contributed by atoms with E-state index < -0.39 is 0 Å². The van der Waals surface area contributed by atoms with Crippen molar-refractivity contribution in [2.24, 2.45) is 0 Å². The largest absolute Gasteiger partial charge is 0.481 e. The molecule has 0 N–H and O–H groups in total. The van der Waals surface area contributed by atoms with Gasteiger partial charge in [0.1, 0.15) is 0 Å². The molecule has 0 bridgehead atoms. The van der Waals surface area contributed by atoms with Crippen LogP contribution >= 0.6 is 0 Å². The minimum absolute atomic E-state index is 0.0256. The molecule has 2 aromatic heterocycles. The van der Waals surface area contributed by atoms with Gasteiger partial charge in [0, 0.05) is 48.4 Å². The van der Waals surface area contributed by atoms with Crippen molar-refractivity contribution in [2.75, 3.05) is 7.11 Å². The molecule has 0 unspecified atom stereocenters. The highest BCUT2D eigenvalue weighted by molar-refractivity contribution is 5.95. The van der Waals surface area contributed by atoms with Crippen LogP contribution in [-0.4, -0.2) is 33.9 Å². The summed E-state index contributed by atoms with van der Waals surface area (Å²) in [6.45, 7) is 4.71. The summed E-state index contributed by atoms with van der Waals surface area (Å²) in [6.07, 6.45) is 6.21. The number of amides is 1. The molecule has 0 saturated heterocycles. The van der Waals surface area contributed by atoms with Gasteiger partial charge in [-0.05, 0) is 48.7 Å². The summed E-state index contributed by atoms with van der Waals surface area (Å²) in [6, 6.07) is 15.5. The van der Waals surface area contributed by atoms with Gasteiger partial charge < -0.3 is 9.64 Å². The monoisotopic (exact) mass is 375 g/mol. The second-order valence-corrected chi connectivity index (χ2v) is 6.72. The van der Waals surface area contributed by atoms with Crippen molar-refractivity contribution in [1.29, 1.82) is 0 Å². The first-order chi connectivity index (χ1) is 13.6. The molecule has 3 aromatic rings. The highest BCUT2D eigenvalue weighted by atomic mass is 16.5. The second kappa shape index (κ2) is 9.13. The molecule has 5 heteroatoms. The quantitative estimate of drug-likeness (QED) is 0.606. The fourth-order valence-electron chi connectivity index (χ4n) is 2.98. The number of pyridine rings is 2. The molecule has 0 aliphatic heterocycles. The molecule has 0 radical (unpaired) electrons. The van der Waals surface area contributed by atoms with Crippen molar-refractivity contribution in [3.63, 3.8) is 0 Å². The van der Waals surface area contributed by atoms with Crippen LogP contribution in [-0.2, 0) is 6.54 Å². The van der Waals surface area contributed by atoms with Crippen molar-refractivity contribution in [2.45, 2.75) is 32.9 Å². The number of methoxy groups -OCH3 is 1. The first-order valence-corrected chi connectivity index (χ1v) is 9.42. The molecular weight excluding hydrogens is 350 g/mol. The number of nitrogens with zero attached hydrogens (tertiary/aromatic N) is 3. The Morgan fingerprint density at radius 3 is 2.39 bits per heavy atom. The lowest BCUT2D eigenvalue weighted by atomic mass is 10.0. The summed E-state index contributed by atoms with van der Waals surface area (Å²) in [5.74, 6) is 0.604. The lowest BCUT2D eigenvalue weighted by molar-refractivity contribution is 0.0671. The number of hydrogen-bond acceptors (Lipinski definition) is 4. The van der Waals surface area contributed by atoms with E-state index >= 15 is 0 Å². The van der Waals surface area contributed by atoms with Crippen molar-refractivity contribution in [1.82, 2.24) is 14.9 Å². The van der Waals surface area contributed by atoms with Crippen LogP contribution in [0.5, 0.6) is 5.88 Å². The Balaban J connectivity index is 1.80. The first kappa shape index (κ1) is 19.5. The fraction of sp³-hybridized carbons (Fsp3) is 0.261. The zero-order chi connectivity index (χ0) is 19.9. The summed E-state index contributed by atoms with van der Waals surface area (Å²) < 4.78 is 5.10. The molecule has 1 amide bonds. The second-order valence-electron chi connectivity index (χ2n) is 6.72. The number of aromatic nitrogens is 2. The summed E-state index contributed by atoms with van der Waals surface area (Å²) in [5, 5.41) is 0. The molecule has 1 atom stereocenters. The molecule has 0 aliphatic carbocycles. The normalized spacial score (nSPS) is 11.7. The van der Waals surface area contributed by atoms with E-state index in [1.165, 1.54) is 0 Å². The Labute approximate surface area is 166 Å². The summed E-state index contributed by atoms with van der Waals surface area (Å²) >= 11 is 0. The highest BCUT2D eigenvalue weighted by Gasteiger charge is 2.21. The van der Waals surface area contributed by atoms with Gasteiger partial charge in [-0.1, -0.05) is 25.1 Å². The summed E-state index contributed by atoms with van der Waals surface area (Å²) in [5.41, 5.74) is 3.69. The molecule has 144 valence electrons. The molecule has 28 heavy (non-hydrogen) atoms. The summed E-state index contributed by atoms with van der Waals surface area (Å²) in [7, 11) is 1.59. The smallest absolute Gasteiger partial charge is 0.254 e. The van der Waals surface area contributed by atoms with Crippen LogP contribution in [0.15, 0.2) is 67.1 Å². The molecule has 3 rings (SSSR count). The Hall–Kier alpha value is -3.21. The average molecular weight is 375 g/mol. The number of benzene rings is 1. The van der Waals surface area contributed by atoms with Crippen LogP contribution in [0.3, 0.4) is 0 Å². The van der Waals surface area contributed by atoms with Crippen LogP contribution in [0.4, 0.5) is 0 Å². The molecule has 0 aliphatic rings. The van der Waals surface area contributed by atoms with Gasteiger partial charge in [0.2, 0.25) is 5.88 Å². The summed E-state index contributed by atoms with van der Waals surface area (Å²) in [4.78, 5) is 23.5. The Morgan fingerprint density at radius 1 is 1.07 bits per heavy atom. The van der Waals surface area contributed by atoms with E-state index in [2.05, 4.69) is 23.8 Å². The van der Waals surface area contributed by atoms with Gasteiger partial charge in [-0.15, -0.1) is 0 Å². The third-order valence-electron chi connectivity index (χ3n) is 4.87. The third-order valence-corrected chi connectivity index (χ3v) is 4.87. The maximum absolute atomic E-state index is 13.2. The molecule has 5 nitrogen and oxygen atoms in total. The van der Waals surface area contributed by atoms with Crippen molar-refractivity contribution >= 4 is 5.91 Å². The van der Waals surface area contributed by atoms with E-state index in [0.717, 1.165) is 23.1 Å². The lowest BCUT2D eigenvalue weighted by Gasteiger charge is -2.29. The minimum Gasteiger partial charge on any atom is -0.481 e. The zero-order valence-corrected chi connectivity index (χ0v) is 16.5. The van der Waals surface area contributed by atoms with E-state index in [1.54, 1.807) is 19.5 Å². The Morgan fingerprint density at radius 2 is 1.82 bits per heavy atom. The maximum Gasteiger partial charge on any atom is 0.254 e. The minimum atomic E-state index is 0.0256. The third kappa shape index (κ3) is 4.55. The standard InChI is InChI=1S/C23H25N3O2/c1-4-17(2)26(16-18-6-5-13-24-14-18)23(27)20-9-7-19(8-10-20)21-11-12-22(28-3)25-15-21/h5-15,17H,4,16H2,1-3H3/t17-/m0/s1. The van der Waals surface area contributed by atoms with Gasteiger partial charge in [-0.2, -0.15) is 0 Å². The van der Waals surface area contributed by atoms with Crippen LogP contribution in [0, 0.1) is 0 Å². The van der Waals surface area contributed by atoms with Crippen LogP contribution < -0.4 is 4.74 Å². The van der Waals surface area contributed by atoms with Crippen LogP contribution in [0.25, 0.3) is 11.1 Å². The highest BCUT2D eigenvalue weighted by Crippen LogP contribution is 2.22. The molecular formula is C23H25N3O2. The van der Waals surface area contributed by atoms with Gasteiger partial charge in [0.15, 0.2) is 0 Å². The zero-order valence-electron chi connectivity index (χ0n) is 16.5. The Bertz CT molecular complexity index is 893. The average Bonchev–Trinajstić information content (AvgIpc) is 2.77. The number of hydrogen-bond donors (Lipinski definition) is 0. The van der Waals surface area contributed by atoms with E-state index in [9.17, 15) is 4.79 Å².